The number of carbonyl (C=O) groups excluding carboxylic acids is 1. The predicted molar refractivity (Wildman–Crippen MR) is 91.7 cm³/mol. The molecular weight excluding hydrogens is 272 g/mol. The molecule has 1 aliphatic heterocycles. The van der Waals surface area contributed by atoms with Crippen molar-refractivity contribution in [2.45, 2.75) is 19.8 Å². The number of para-hydroxylation sites is 1. The number of nitrogen functional groups attached to an aromatic ring is 1. The number of nitrogens with zero attached hydrogens (tertiary/aromatic N) is 1. The number of carbonyl (C=O) groups is 1. The molecule has 0 fully saturated rings. The molecule has 0 saturated heterocycles. The van der Waals surface area contributed by atoms with Gasteiger partial charge >= 0.3 is 0 Å². The zero-order valence-corrected chi connectivity index (χ0v) is 12.8. The van der Waals surface area contributed by atoms with Crippen LogP contribution in [0, 0.1) is 6.92 Å². The summed E-state index contributed by atoms with van der Waals surface area (Å²) in [4.78, 5) is 14.3. The number of hydrogen-bond donors (Lipinski definition) is 1. The van der Waals surface area contributed by atoms with Gasteiger partial charge in [0, 0.05) is 24.0 Å². The molecule has 2 aromatic carbocycles. The Bertz CT molecular complexity index is 734. The SMILES string of the molecule is Cc1ccc(/C=C/C(=O)N2CCCc3ccccc32)cc1N. The van der Waals surface area contributed by atoms with Crippen LogP contribution in [0.4, 0.5) is 11.4 Å². The summed E-state index contributed by atoms with van der Waals surface area (Å²) in [6.07, 6.45) is 5.51. The molecule has 0 spiro atoms. The Morgan fingerprint density at radius 2 is 2.05 bits per heavy atom. The minimum absolute atomic E-state index is 0.0197. The lowest BCUT2D eigenvalue weighted by atomic mass is 10.0. The van der Waals surface area contributed by atoms with Gasteiger partial charge in [-0.2, -0.15) is 0 Å². The van der Waals surface area contributed by atoms with Gasteiger partial charge < -0.3 is 10.6 Å². The van der Waals surface area contributed by atoms with Crippen LogP contribution >= 0.6 is 0 Å². The number of aryl methyl sites for hydroxylation is 2. The van der Waals surface area contributed by atoms with Crippen LogP contribution in [0.15, 0.2) is 48.5 Å². The van der Waals surface area contributed by atoms with Crippen LogP contribution in [-0.2, 0) is 11.2 Å². The molecule has 2 aromatic rings. The number of nitrogens with two attached hydrogens (primary N) is 1. The highest BCUT2D eigenvalue weighted by atomic mass is 16.2. The van der Waals surface area contributed by atoms with Gasteiger partial charge in [0.2, 0.25) is 0 Å². The fourth-order valence-electron chi connectivity index (χ4n) is 2.78. The largest absolute Gasteiger partial charge is 0.398 e. The molecule has 22 heavy (non-hydrogen) atoms. The van der Waals surface area contributed by atoms with Crippen LogP contribution < -0.4 is 10.6 Å². The summed E-state index contributed by atoms with van der Waals surface area (Å²) in [5.74, 6) is 0.0197. The van der Waals surface area contributed by atoms with Gasteiger partial charge in [0.25, 0.3) is 5.91 Å². The van der Waals surface area contributed by atoms with E-state index in [1.807, 2.05) is 54.3 Å². The van der Waals surface area contributed by atoms with Crippen LogP contribution in [0.1, 0.15) is 23.1 Å². The smallest absolute Gasteiger partial charge is 0.250 e. The van der Waals surface area contributed by atoms with Gasteiger partial charge in [-0.15, -0.1) is 0 Å². The first-order valence-electron chi connectivity index (χ1n) is 7.59. The van der Waals surface area contributed by atoms with E-state index in [9.17, 15) is 4.79 Å². The number of fused-ring (bicyclic) bond motifs is 1. The Morgan fingerprint density at radius 1 is 1.23 bits per heavy atom. The Morgan fingerprint density at radius 3 is 2.86 bits per heavy atom. The van der Waals surface area contributed by atoms with E-state index in [1.165, 1.54) is 5.56 Å². The summed E-state index contributed by atoms with van der Waals surface area (Å²) in [6.45, 7) is 2.74. The molecule has 2 N–H and O–H groups in total. The maximum Gasteiger partial charge on any atom is 0.250 e. The normalized spacial score (nSPS) is 14.1. The summed E-state index contributed by atoms with van der Waals surface area (Å²) in [7, 11) is 0. The van der Waals surface area contributed by atoms with Crippen molar-refractivity contribution < 1.29 is 4.79 Å². The summed E-state index contributed by atoms with van der Waals surface area (Å²) in [5, 5.41) is 0. The van der Waals surface area contributed by atoms with Gasteiger partial charge in [-0.05, 0) is 54.7 Å². The molecule has 0 radical (unpaired) electrons. The molecule has 0 saturated carbocycles. The lowest BCUT2D eigenvalue weighted by Crippen LogP contribution is -2.34. The quantitative estimate of drug-likeness (QED) is 0.679. The van der Waals surface area contributed by atoms with Crippen molar-refractivity contribution in [2.75, 3.05) is 17.2 Å². The van der Waals surface area contributed by atoms with Crippen LogP contribution in [0.5, 0.6) is 0 Å². The van der Waals surface area contributed by atoms with Crippen LogP contribution in [0.2, 0.25) is 0 Å². The van der Waals surface area contributed by atoms with E-state index in [4.69, 9.17) is 5.73 Å². The van der Waals surface area contributed by atoms with E-state index >= 15 is 0 Å². The predicted octanol–water partition coefficient (Wildman–Crippen LogP) is 3.57. The third kappa shape index (κ3) is 2.89. The third-order valence-corrected chi connectivity index (χ3v) is 4.10. The first-order valence-corrected chi connectivity index (χ1v) is 7.59. The minimum atomic E-state index is 0.0197. The molecule has 112 valence electrons. The van der Waals surface area contributed by atoms with Gasteiger partial charge in [0.15, 0.2) is 0 Å². The van der Waals surface area contributed by atoms with Crippen LogP contribution in [0.25, 0.3) is 6.08 Å². The minimum Gasteiger partial charge on any atom is -0.398 e. The Kier molecular flexibility index (Phi) is 3.96. The van der Waals surface area contributed by atoms with Crippen molar-refractivity contribution in [3.8, 4) is 0 Å². The summed E-state index contributed by atoms with van der Waals surface area (Å²) < 4.78 is 0. The van der Waals surface area contributed by atoms with E-state index < -0.39 is 0 Å². The lowest BCUT2D eigenvalue weighted by molar-refractivity contribution is -0.114. The fourth-order valence-corrected chi connectivity index (χ4v) is 2.78. The molecule has 0 aliphatic carbocycles. The van der Waals surface area contributed by atoms with E-state index in [2.05, 4.69) is 6.07 Å². The monoisotopic (exact) mass is 292 g/mol. The van der Waals surface area contributed by atoms with Crippen molar-refractivity contribution in [1.82, 2.24) is 0 Å². The summed E-state index contributed by atoms with van der Waals surface area (Å²) in [5.41, 5.74) is 10.9. The van der Waals surface area contributed by atoms with Gasteiger partial charge in [-0.1, -0.05) is 30.3 Å². The standard InChI is InChI=1S/C19H20N2O/c1-14-8-9-15(13-17(14)20)10-11-19(22)21-12-4-6-16-5-2-3-7-18(16)21/h2-3,5,7-11,13H,4,6,12,20H2,1H3/b11-10+. The maximum atomic E-state index is 12.5. The number of rotatable bonds is 2. The molecule has 1 heterocycles. The Balaban J connectivity index is 1.80. The molecular formula is C19H20N2O. The second kappa shape index (κ2) is 6.06. The van der Waals surface area contributed by atoms with Crippen molar-refractivity contribution in [1.29, 1.82) is 0 Å². The Labute approximate surface area is 131 Å². The molecule has 1 amide bonds. The van der Waals surface area contributed by atoms with Gasteiger partial charge in [0.05, 0.1) is 0 Å². The number of anilines is 2. The maximum absolute atomic E-state index is 12.5. The van der Waals surface area contributed by atoms with E-state index in [0.29, 0.717) is 0 Å². The number of benzene rings is 2. The highest BCUT2D eigenvalue weighted by molar-refractivity contribution is 6.04. The van der Waals surface area contributed by atoms with E-state index in [1.54, 1.807) is 6.08 Å². The number of amides is 1. The summed E-state index contributed by atoms with van der Waals surface area (Å²) >= 11 is 0. The molecule has 0 unspecified atom stereocenters. The average molecular weight is 292 g/mol. The summed E-state index contributed by atoms with van der Waals surface area (Å²) in [6, 6.07) is 14.0. The van der Waals surface area contributed by atoms with E-state index in [-0.39, 0.29) is 5.91 Å². The van der Waals surface area contributed by atoms with E-state index in [0.717, 1.165) is 41.9 Å². The first kappa shape index (κ1) is 14.4. The molecule has 0 aromatic heterocycles. The van der Waals surface area contributed by atoms with Gasteiger partial charge in [-0.3, -0.25) is 4.79 Å². The lowest BCUT2D eigenvalue weighted by Gasteiger charge is -2.28. The molecule has 3 rings (SSSR count). The third-order valence-electron chi connectivity index (χ3n) is 4.10. The van der Waals surface area contributed by atoms with Crippen LogP contribution in [-0.4, -0.2) is 12.5 Å². The van der Waals surface area contributed by atoms with Gasteiger partial charge in [0.1, 0.15) is 0 Å². The molecule has 3 heteroatoms. The molecule has 0 atom stereocenters. The topological polar surface area (TPSA) is 46.3 Å². The van der Waals surface area contributed by atoms with Crippen molar-refractivity contribution >= 4 is 23.4 Å². The zero-order chi connectivity index (χ0) is 15.5. The van der Waals surface area contributed by atoms with Crippen LogP contribution in [0.3, 0.4) is 0 Å². The highest BCUT2D eigenvalue weighted by Crippen LogP contribution is 2.27. The van der Waals surface area contributed by atoms with Crippen molar-refractivity contribution in [2.24, 2.45) is 0 Å². The first-order chi connectivity index (χ1) is 10.6. The second-order valence-corrected chi connectivity index (χ2v) is 5.67. The number of hydrogen-bond acceptors (Lipinski definition) is 2. The molecule has 3 nitrogen and oxygen atoms in total. The molecule has 1 aliphatic rings. The molecule has 0 bridgehead atoms. The zero-order valence-electron chi connectivity index (χ0n) is 12.8. The van der Waals surface area contributed by atoms with Crippen molar-refractivity contribution in [3.63, 3.8) is 0 Å². The fraction of sp³-hybridized carbons (Fsp3) is 0.211. The second-order valence-electron chi connectivity index (χ2n) is 5.67. The Hall–Kier alpha value is -2.55. The van der Waals surface area contributed by atoms with Crippen molar-refractivity contribution in [3.05, 3.63) is 65.2 Å². The highest BCUT2D eigenvalue weighted by Gasteiger charge is 2.20. The van der Waals surface area contributed by atoms with Gasteiger partial charge in [-0.25, -0.2) is 0 Å². The average Bonchev–Trinajstić information content (AvgIpc) is 2.55.